The second kappa shape index (κ2) is 9.36. The number of aromatic nitrogens is 1. The summed E-state index contributed by atoms with van der Waals surface area (Å²) < 4.78 is 21.3. The molecule has 1 saturated heterocycles. The van der Waals surface area contributed by atoms with Gasteiger partial charge in [0, 0.05) is 54.8 Å². The highest BCUT2D eigenvalue weighted by molar-refractivity contribution is 8.14. The van der Waals surface area contributed by atoms with Crippen molar-refractivity contribution in [2.45, 2.75) is 0 Å². The summed E-state index contributed by atoms with van der Waals surface area (Å²) in [5.74, 6) is 0.556. The summed E-state index contributed by atoms with van der Waals surface area (Å²) in [5.41, 5.74) is 2.82. The fourth-order valence-corrected chi connectivity index (χ4v) is 4.58. The maximum absolute atomic E-state index is 13.1. The Balaban J connectivity index is 1.27. The number of hydrogen-bond acceptors (Lipinski definition) is 7. The number of hydrogen-bond donors (Lipinski definition) is 1. The highest BCUT2D eigenvalue weighted by Crippen LogP contribution is 2.28. The van der Waals surface area contributed by atoms with Gasteiger partial charge in [-0.15, -0.1) is 11.3 Å². The molecule has 1 amide bonds. The summed E-state index contributed by atoms with van der Waals surface area (Å²) in [6.07, 6.45) is 0. The molecule has 0 saturated carbocycles. The van der Waals surface area contributed by atoms with E-state index in [-0.39, 0.29) is 11.1 Å². The number of benzene rings is 2. The Kier molecular flexibility index (Phi) is 6.39. The fraction of sp³-hybridized carbons (Fsp3) is 0.238. The van der Waals surface area contributed by atoms with Gasteiger partial charge in [-0.25, -0.2) is 9.37 Å². The molecule has 9 heteroatoms. The predicted molar refractivity (Wildman–Crippen MR) is 121 cm³/mol. The summed E-state index contributed by atoms with van der Waals surface area (Å²) in [6, 6.07) is 14.2. The van der Waals surface area contributed by atoms with E-state index in [4.69, 9.17) is 4.74 Å². The van der Waals surface area contributed by atoms with E-state index >= 15 is 0 Å². The highest BCUT2D eigenvalue weighted by Gasteiger charge is 2.22. The number of nitrogens with one attached hydrogen (secondary N) is 1. The van der Waals surface area contributed by atoms with Crippen LogP contribution in [0.3, 0.4) is 0 Å². The van der Waals surface area contributed by atoms with Crippen LogP contribution in [0, 0.1) is 5.82 Å². The quantitative estimate of drug-likeness (QED) is 0.562. The molecule has 1 N–H and O–H groups in total. The molecule has 156 valence electrons. The van der Waals surface area contributed by atoms with Crippen LogP contribution in [0.5, 0.6) is 5.75 Å². The molecule has 0 spiro atoms. The van der Waals surface area contributed by atoms with Crippen molar-refractivity contribution >= 4 is 39.3 Å². The number of nitrogens with zero attached hydrogens (tertiary/aromatic N) is 3. The van der Waals surface area contributed by atoms with Crippen LogP contribution >= 0.6 is 23.3 Å². The molecule has 30 heavy (non-hydrogen) atoms. The average Bonchev–Trinajstić information content (AvgIpc) is 3.27. The number of amides is 1. The van der Waals surface area contributed by atoms with Crippen LogP contribution < -0.4 is 14.4 Å². The van der Waals surface area contributed by atoms with Crippen molar-refractivity contribution in [3.05, 3.63) is 59.7 Å². The first kappa shape index (κ1) is 20.5. The fourth-order valence-electron chi connectivity index (χ4n) is 3.17. The third-order valence-electron chi connectivity index (χ3n) is 4.85. The number of ether oxygens (including phenoxy) is 1. The summed E-state index contributed by atoms with van der Waals surface area (Å²) >= 11 is 2.50. The van der Waals surface area contributed by atoms with Gasteiger partial charge in [-0.3, -0.25) is 9.52 Å². The molecule has 6 nitrogen and oxygen atoms in total. The Morgan fingerprint density at radius 3 is 2.47 bits per heavy atom. The lowest BCUT2D eigenvalue weighted by Crippen LogP contribution is -2.47. The Hall–Kier alpha value is -2.78. The van der Waals surface area contributed by atoms with Crippen LogP contribution in [0.15, 0.2) is 53.9 Å². The second-order valence-electron chi connectivity index (χ2n) is 6.69. The van der Waals surface area contributed by atoms with Gasteiger partial charge in [0.1, 0.15) is 11.6 Å². The molecule has 4 rings (SSSR count). The molecular weight excluding hydrogens is 423 g/mol. The zero-order valence-electron chi connectivity index (χ0n) is 16.4. The van der Waals surface area contributed by atoms with Gasteiger partial charge in [-0.2, -0.15) is 0 Å². The van der Waals surface area contributed by atoms with Gasteiger partial charge >= 0.3 is 5.24 Å². The van der Waals surface area contributed by atoms with Crippen LogP contribution in [-0.4, -0.2) is 48.4 Å². The molecule has 0 radical (unpaired) electrons. The van der Waals surface area contributed by atoms with Crippen molar-refractivity contribution in [1.29, 1.82) is 0 Å². The normalized spacial score (nSPS) is 13.9. The van der Waals surface area contributed by atoms with Gasteiger partial charge in [-0.05, 0) is 48.5 Å². The molecule has 0 atom stereocenters. The third kappa shape index (κ3) is 4.85. The van der Waals surface area contributed by atoms with Gasteiger partial charge in [0.15, 0.2) is 5.13 Å². The average molecular weight is 445 g/mol. The molecule has 1 aromatic heterocycles. The predicted octanol–water partition coefficient (Wildman–Crippen LogP) is 4.96. The molecule has 2 aromatic carbocycles. The first-order valence-corrected chi connectivity index (χ1v) is 11.1. The smallest absolute Gasteiger partial charge is 0.302 e. The highest BCUT2D eigenvalue weighted by atomic mass is 32.2. The molecule has 3 aromatic rings. The van der Waals surface area contributed by atoms with Crippen molar-refractivity contribution in [3.63, 3.8) is 0 Å². The lowest BCUT2D eigenvalue weighted by Gasteiger charge is -2.35. The van der Waals surface area contributed by atoms with E-state index < -0.39 is 0 Å². The van der Waals surface area contributed by atoms with Crippen LogP contribution in [0.25, 0.3) is 11.3 Å². The summed E-state index contributed by atoms with van der Waals surface area (Å²) in [7, 11) is 1.64. The molecule has 1 fully saturated rings. The lowest BCUT2D eigenvalue weighted by molar-refractivity contribution is 0.219. The second-order valence-corrected chi connectivity index (χ2v) is 8.30. The number of methoxy groups -OCH3 is 1. The topological polar surface area (TPSA) is 57.7 Å². The van der Waals surface area contributed by atoms with Crippen molar-refractivity contribution < 1.29 is 13.9 Å². The van der Waals surface area contributed by atoms with E-state index in [0.29, 0.717) is 18.2 Å². The zero-order valence-corrected chi connectivity index (χ0v) is 18.0. The van der Waals surface area contributed by atoms with Gasteiger partial charge in [0.2, 0.25) is 0 Å². The van der Waals surface area contributed by atoms with Crippen molar-refractivity contribution in [1.82, 2.24) is 9.88 Å². The Morgan fingerprint density at radius 1 is 1.10 bits per heavy atom. The number of carbonyl (C=O) groups is 1. The van der Waals surface area contributed by atoms with Crippen molar-refractivity contribution in [2.24, 2.45) is 0 Å². The van der Waals surface area contributed by atoms with E-state index in [1.165, 1.54) is 23.5 Å². The van der Waals surface area contributed by atoms with Gasteiger partial charge in [0.25, 0.3) is 0 Å². The Bertz CT molecular complexity index is 987. The van der Waals surface area contributed by atoms with Gasteiger partial charge < -0.3 is 14.5 Å². The molecule has 0 aliphatic carbocycles. The molecule has 1 aliphatic rings. The largest absolute Gasteiger partial charge is 0.497 e. The van der Waals surface area contributed by atoms with E-state index in [0.717, 1.165) is 47.7 Å². The molecular formula is C21H21FN4O2S2. The summed E-state index contributed by atoms with van der Waals surface area (Å²) in [5, 5.41) is 2.61. The molecule has 0 unspecified atom stereocenters. The number of thiazole rings is 1. The van der Waals surface area contributed by atoms with Crippen LogP contribution in [0.1, 0.15) is 0 Å². The van der Waals surface area contributed by atoms with Crippen molar-refractivity contribution in [3.8, 4) is 17.0 Å². The Morgan fingerprint density at radius 2 is 1.80 bits per heavy atom. The van der Waals surface area contributed by atoms with E-state index in [1.807, 2.05) is 34.5 Å². The minimum absolute atomic E-state index is 0.0325. The maximum Gasteiger partial charge on any atom is 0.302 e. The first-order valence-electron chi connectivity index (χ1n) is 9.44. The standard InChI is InChI=1S/C21H21FN4O2S2/c1-28-18-8-2-15(3-9-18)19-14-29-20(23-19)24-30-21(27)26-12-10-25(11-13-26)17-6-4-16(22)5-7-17/h2-9,14H,10-13H2,1H3,(H,23,24). The van der Waals surface area contributed by atoms with E-state index in [2.05, 4.69) is 14.6 Å². The van der Waals surface area contributed by atoms with E-state index in [9.17, 15) is 9.18 Å². The number of halogens is 1. The monoisotopic (exact) mass is 444 g/mol. The SMILES string of the molecule is COc1ccc(-c2csc(NSC(=O)N3CCN(c4ccc(F)cc4)CC3)n2)cc1. The Labute approximate surface area is 182 Å². The molecule has 1 aliphatic heterocycles. The molecule has 0 bridgehead atoms. The number of anilines is 2. The van der Waals surface area contributed by atoms with Crippen LogP contribution in [0.4, 0.5) is 20.0 Å². The number of carbonyl (C=O) groups excluding carboxylic acids is 1. The maximum atomic E-state index is 13.1. The first-order chi connectivity index (χ1) is 14.6. The minimum Gasteiger partial charge on any atom is -0.497 e. The minimum atomic E-state index is -0.243. The van der Waals surface area contributed by atoms with Gasteiger partial charge in [-0.1, -0.05) is 0 Å². The molecule has 2 heterocycles. The van der Waals surface area contributed by atoms with Crippen LogP contribution in [-0.2, 0) is 0 Å². The van der Waals surface area contributed by atoms with Crippen LogP contribution in [0.2, 0.25) is 0 Å². The summed E-state index contributed by atoms with van der Waals surface area (Å²) in [4.78, 5) is 21.0. The number of rotatable bonds is 5. The summed E-state index contributed by atoms with van der Waals surface area (Å²) in [6.45, 7) is 2.69. The third-order valence-corrected chi connectivity index (χ3v) is 6.46. The zero-order chi connectivity index (χ0) is 20.9. The number of piperazine rings is 1. The van der Waals surface area contributed by atoms with E-state index in [1.54, 1.807) is 19.2 Å². The lowest BCUT2D eigenvalue weighted by atomic mass is 10.2. The van der Waals surface area contributed by atoms with Crippen molar-refractivity contribution in [2.75, 3.05) is 42.9 Å². The van der Waals surface area contributed by atoms with Gasteiger partial charge in [0.05, 0.1) is 12.8 Å².